The second-order valence-electron chi connectivity index (χ2n) is 6.83. The van der Waals surface area contributed by atoms with Crippen LogP contribution in [0.3, 0.4) is 0 Å². The lowest BCUT2D eigenvalue weighted by molar-refractivity contribution is -0.123. The van der Waals surface area contributed by atoms with E-state index in [2.05, 4.69) is 15.6 Å². The SMILES string of the molecule is N#C/C(=C\c1ccc(OCC(=O)NCc2ccccc2)cc1)C(=O)NCc1cccnc1. The van der Waals surface area contributed by atoms with Gasteiger partial charge in [-0.15, -0.1) is 0 Å². The first-order valence-corrected chi connectivity index (χ1v) is 9.96. The lowest BCUT2D eigenvalue weighted by Gasteiger charge is -2.08. The van der Waals surface area contributed by atoms with E-state index < -0.39 is 5.91 Å². The van der Waals surface area contributed by atoms with Gasteiger partial charge in [-0.1, -0.05) is 48.5 Å². The summed E-state index contributed by atoms with van der Waals surface area (Å²) in [6.07, 6.45) is 4.79. The Balaban J connectivity index is 1.49. The van der Waals surface area contributed by atoms with Crippen molar-refractivity contribution in [2.75, 3.05) is 6.61 Å². The predicted molar refractivity (Wildman–Crippen MR) is 120 cm³/mol. The molecule has 0 saturated carbocycles. The molecule has 32 heavy (non-hydrogen) atoms. The van der Waals surface area contributed by atoms with Crippen molar-refractivity contribution in [2.45, 2.75) is 13.1 Å². The molecule has 3 rings (SSSR count). The van der Waals surface area contributed by atoms with Gasteiger partial charge in [-0.25, -0.2) is 0 Å². The second kappa shape index (κ2) is 11.7. The van der Waals surface area contributed by atoms with Crippen LogP contribution in [0.15, 0.2) is 84.7 Å². The molecule has 1 aromatic heterocycles. The number of aromatic nitrogens is 1. The Kier molecular flexibility index (Phi) is 8.11. The topological polar surface area (TPSA) is 104 Å². The number of hydrogen-bond donors (Lipinski definition) is 2. The highest BCUT2D eigenvalue weighted by atomic mass is 16.5. The number of pyridine rings is 1. The third-order valence-electron chi connectivity index (χ3n) is 4.43. The summed E-state index contributed by atoms with van der Waals surface area (Å²) in [7, 11) is 0. The Labute approximate surface area is 186 Å². The second-order valence-corrected chi connectivity index (χ2v) is 6.83. The normalized spacial score (nSPS) is 10.7. The molecule has 160 valence electrons. The summed E-state index contributed by atoms with van der Waals surface area (Å²) >= 11 is 0. The van der Waals surface area contributed by atoms with Crippen LogP contribution in [0.4, 0.5) is 0 Å². The van der Waals surface area contributed by atoms with Gasteiger partial charge in [0.1, 0.15) is 17.4 Å². The van der Waals surface area contributed by atoms with Gasteiger partial charge in [-0.3, -0.25) is 14.6 Å². The van der Waals surface area contributed by atoms with Gasteiger partial charge in [0.05, 0.1) is 0 Å². The van der Waals surface area contributed by atoms with Gasteiger partial charge in [0, 0.05) is 25.5 Å². The lowest BCUT2D eigenvalue weighted by atomic mass is 10.1. The first kappa shape index (κ1) is 22.2. The average molecular weight is 426 g/mol. The number of amides is 2. The maximum Gasteiger partial charge on any atom is 0.262 e. The van der Waals surface area contributed by atoms with Crippen LogP contribution in [0.5, 0.6) is 5.75 Å². The number of nitrogens with one attached hydrogen (secondary N) is 2. The molecular weight excluding hydrogens is 404 g/mol. The highest BCUT2D eigenvalue weighted by Crippen LogP contribution is 2.15. The third-order valence-corrected chi connectivity index (χ3v) is 4.43. The number of carbonyl (C=O) groups excluding carboxylic acids is 2. The van der Waals surface area contributed by atoms with Crippen LogP contribution >= 0.6 is 0 Å². The van der Waals surface area contributed by atoms with Gasteiger partial charge >= 0.3 is 0 Å². The molecule has 0 radical (unpaired) electrons. The molecule has 2 aromatic carbocycles. The van der Waals surface area contributed by atoms with Crippen LogP contribution in [0.2, 0.25) is 0 Å². The summed E-state index contributed by atoms with van der Waals surface area (Å²) in [5, 5.41) is 14.8. The summed E-state index contributed by atoms with van der Waals surface area (Å²) in [5.74, 6) is -0.182. The fourth-order valence-electron chi connectivity index (χ4n) is 2.75. The van der Waals surface area contributed by atoms with E-state index in [0.29, 0.717) is 17.9 Å². The maximum absolute atomic E-state index is 12.3. The molecular formula is C25H22N4O3. The van der Waals surface area contributed by atoms with Gasteiger partial charge in [0.2, 0.25) is 0 Å². The number of ether oxygens (including phenoxy) is 1. The summed E-state index contributed by atoms with van der Waals surface area (Å²) in [4.78, 5) is 28.2. The minimum Gasteiger partial charge on any atom is -0.484 e. The smallest absolute Gasteiger partial charge is 0.262 e. The summed E-state index contributed by atoms with van der Waals surface area (Å²) in [6.45, 7) is 0.611. The summed E-state index contributed by atoms with van der Waals surface area (Å²) in [5.41, 5.74) is 2.50. The molecule has 2 N–H and O–H groups in total. The molecule has 0 fully saturated rings. The van der Waals surface area contributed by atoms with E-state index in [1.165, 1.54) is 6.08 Å². The van der Waals surface area contributed by atoms with E-state index in [1.807, 2.05) is 42.5 Å². The van der Waals surface area contributed by atoms with E-state index in [9.17, 15) is 14.9 Å². The Morgan fingerprint density at radius 2 is 1.66 bits per heavy atom. The molecule has 0 bridgehead atoms. The van der Waals surface area contributed by atoms with Crippen molar-refractivity contribution in [1.29, 1.82) is 5.26 Å². The highest BCUT2D eigenvalue weighted by Gasteiger charge is 2.09. The molecule has 0 atom stereocenters. The fraction of sp³-hybridized carbons (Fsp3) is 0.120. The van der Waals surface area contributed by atoms with E-state index in [0.717, 1.165) is 11.1 Å². The molecule has 1 heterocycles. The van der Waals surface area contributed by atoms with Crippen molar-refractivity contribution in [3.63, 3.8) is 0 Å². The number of carbonyl (C=O) groups is 2. The van der Waals surface area contributed by atoms with E-state index in [4.69, 9.17) is 4.74 Å². The van der Waals surface area contributed by atoms with Crippen molar-refractivity contribution < 1.29 is 14.3 Å². The van der Waals surface area contributed by atoms with Gasteiger partial charge in [0.25, 0.3) is 11.8 Å². The van der Waals surface area contributed by atoms with Crippen molar-refractivity contribution in [3.05, 3.63) is 101 Å². The molecule has 7 heteroatoms. The van der Waals surface area contributed by atoms with Crippen molar-refractivity contribution in [3.8, 4) is 11.8 Å². The monoisotopic (exact) mass is 426 g/mol. The van der Waals surface area contributed by atoms with Gasteiger partial charge in [-0.05, 0) is 41.0 Å². The van der Waals surface area contributed by atoms with E-state index in [-0.39, 0.29) is 24.6 Å². The van der Waals surface area contributed by atoms with Crippen molar-refractivity contribution >= 4 is 17.9 Å². The quantitative estimate of drug-likeness (QED) is 0.404. The van der Waals surface area contributed by atoms with Crippen LogP contribution in [0, 0.1) is 11.3 Å². The Morgan fingerprint density at radius 1 is 0.938 bits per heavy atom. The fourth-order valence-corrected chi connectivity index (χ4v) is 2.75. The number of rotatable bonds is 9. The van der Waals surface area contributed by atoms with Gasteiger partial charge in [-0.2, -0.15) is 5.26 Å². The van der Waals surface area contributed by atoms with Crippen molar-refractivity contribution in [2.24, 2.45) is 0 Å². The summed E-state index contributed by atoms with van der Waals surface area (Å²) in [6, 6.07) is 21.9. The number of nitriles is 1. The average Bonchev–Trinajstić information content (AvgIpc) is 2.85. The molecule has 0 saturated heterocycles. The molecule has 0 aliphatic carbocycles. The van der Waals surface area contributed by atoms with E-state index >= 15 is 0 Å². The van der Waals surface area contributed by atoms with Gasteiger partial charge < -0.3 is 15.4 Å². The minimum absolute atomic E-state index is 0.0113. The Morgan fingerprint density at radius 3 is 2.34 bits per heavy atom. The first-order valence-electron chi connectivity index (χ1n) is 9.96. The standard InChI is InChI=1S/C25H22N4O3/c26-14-22(25(31)29-17-21-7-4-12-27-15-21)13-19-8-10-23(11-9-19)32-18-24(30)28-16-20-5-2-1-3-6-20/h1-13,15H,16-18H2,(H,28,30)(H,29,31)/b22-13+. The lowest BCUT2D eigenvalue weighted by Crippen LogP contribution is -2.28. The first-order chi connectivity index (χ1) is 15.6. The number of nitrogens with zero attached hydrogens (tertiary/aromatic N) is 2. The van der Waals surface area contributed by atoms with Crippen LogP contribution in [0.25, 0.3) is 6.08 Å². The van der Waals surface area contributed by atoms with Crippen LogP contribution in [-0.4, -0.2) is 23.4 Å². The van der Waals surface area contributed by atoms with E-state index in [1.54, 1.807) is 42.7 Å². The van der Waals surface area contributed by atoms with Crippen LogP contribution < -0.4 is 15.4 Å². The summed E-state index contributed by atoms with van der Waals surface area (Å²) < 4.78 is 5.49. The third kappa shape index (κ3) is 7.11. The number of benzene rings is 2. The zero-order valence-corrected chi connectivity index (χ0v) is 17.3. The van der Waals surface area contributed by atoms with Gasteiger partial charge in [0.15, 0.2) is 6.61 Å². The van der Waals surface area contributed by atoms with Crippen LogP contribution in [0.1, 0.15) is 16.7 Å². The minimum atomic E-state index is -0.466. The number of hydrogen-bond acceptors (Lipinski definition) is 5. The Hall–Kier alpha value is -4.44. The molecule has 3 aromatic rings. The zero-order valence-electron chi connectivity index (χ0n) is 17.3. The molecule has 0 unspecified atom stereocenters. The van der Waals surface area contributed by atoms with Crippen LogP contribution in [-0.2, 0) is 22.7 Å². The molecule has 2 amide bonds. The molecule has 0 aliphatic heterocycles. The van der Waals surface area contributed by atoms with Crippen molar-refractivity contribution in [1.82, 2.24) is 15.6 Å². The molecule has 0 spiro atoms. The zero-order chi connectivity index (χ0) is 22.6. The Bertz CT molecular complexity index is 1110. The molecule has 7 nitrogen and oxygen atoms in total. The predicted octanol–water partition coefficient (Wildman–Crippen LogP) is 3.00. The largest absolute Gasteiger partial charge is 0.484 e. The maximum atomic E-state index is 12.3. The molecule has 0 aliphatic rings. The highest BCUT2D eigenvalue weighted by molar-refractivity contribution is 6.01.